The lowest BCUT2D eigenvalue weighted by atomic mass is 10.2. The fourth-order valence-corrected chi connectivity index (χ4v) is 2.54. The smallest absolute Gasteiger partial charge is 0.247 e. The van der Waals surface area contributed by atoms with Crippen LogP contribution in [-0.2, 0) is 0 Å². The molecule has 0 saturated carbocycles. The van der Waals surface area contributed by atoms with Gasteiger partial charge in [-0.1, -0.05) is 12.1 Å². The quantitative estimate of drug-likeness (QED) is 0.618. The zero-order chi connectivity index (χ0) is 17.2. The van der Waals surface area contributed by atoms with Gasteiger partial charge in [-0.2, -0.15) is 14.8 Å². The molecule has 0 radical (unpaired) electrons. The van der Waals surface area contributed by atoms with Crippen molar-refractivity contribution in [3.63, 3.8) is 0 Å². The van der Waals surface area contributed by atoms with E-state index in [1.807, 2.05) is 29.0 Å². The van der Waals surface area contributed by atoms with Crippen molar-refractivity contribution in [3.05, 3.63) is 60.7 Å². The van der Waals surface area contributed by atoms with Crippen molar-refractivity contribution in [3.8, 4) is 17.6 Å². The van der Waals surface area contributed by atoms with Gasteiger partial charge in [-0.05, 0) is 24.3 Å². The fraction of sp³-hybridized carbons (Fsp3) is 0.0588. The Labute approximate surface area is 142 Å². The number of fused-ring (bicyclic) bond motifs is 1. The number of ether oxygens (including phenoxy) is 1. The molecule has 25 heavy (non-hydrogen) atoms. The lowest BCUT2D eigenvalue weighted by Crippen LogP contribution is -2.03. The van der Waals surface area contributed by atoms with Crippen molar-refractivity contribution in [2.24, 2.45) is 0 Å². The maximum absolute atomic E-state index is 9.22. The van der Waals surface area contributed by atoms with Gasteiger partial charge in [-0.15, -0.1) is 5.10 Å². The lowest BCUT2D eigenvalue weighted by molar-refractivity contribution is 0.416. The molecule has 0 unspecified atom stereocenters. The van der Waals surface area contributed by atoms with E-state index in [4.69, 9.17) is 4.74 Å². The minimum absolute atomic E-state index is 0.369. The van der Waals surface area contributed by atoms with Crippen molar-refractivity contribution in [1.82, 2.24) is 24.1 Å². The minimum atomic E-state index is 0.369. The highest BCUT2D eigenvalue weighted by Gasteiger charge is 2.14. The van der Waals surface area contributed by atoms with Gasteiger partial charge in [0.15, 0.2) is 5.75 Å². The van der Waals surface area contributed by atoms with Gasteiger partial charge < -0.3 is 10.1 Å². The standard InChI is InChI=1S/C17H13N7O/c1-25-14-6-7-15(23-9-8-19-11-23)24-16(14)21-17(22-24)20-13-5-3-2-4-12(13)10-18/h2-9,11H,1H3,(H,20,22). The molecule has 0 aliphatic heterocycles. The van der Waals surface area contributed by atoms with Crippen molar-refractivity contribution >= 4 is 17.3 Å². The molecule has 0 amide bonds. The number of anilines is 2. The molecule has 4 aromatic rings. The first kappa shape index (κ1) is 14.7. The Balaban J connectivity index is 1.84. The zero-order valence-electron chi connectivity index (χ0n) is 13.3. The molecule has 0 aliphatic carbocycles. The molecule has 122 valence electrons. The predicted molar refractivity (Wildman–Crippen MR) is 91.1 cm³/mol. The number of nitrogens with one attached hydrogen (secondary N) is 1. The number of benzene rings is 1. The number of nitrogens with zero attached hydrogens (tertiary/aromatic N) is 6. The van der Waals surface area contributed by atoms with E-state index in [1.165, 1.54) is 0 Å². The molecular weight excluding hydrogens is 318 g/mol. The summed E-state index contributed by atoms with van der Waals surface area (Å²) in [4.78, 5) is 8.56. The SMILES string of the molecule is COc1ccc(-n2ccnc2)n2nc(Nc3ccccc3C#N)nc12. The number of nitriles is 1. The highest BCUT2D eigenvalue weighted by molar-refractivity contribution is 5.66. The summed E-state index contributed by atoms with van der Waals surface area (Å²) in [5, 5.41) is 16.8. The number of imidazole rings is 1. The summed E-state index contributed by atoms with van der Waals surface area (Å²) in [6.45, 7) is 0. The Morgan fingerprint density at radius 1 is 1.20 bits per heavy atom. The first-order valence-corrected chi connectivity index (χ1v) is 7.48. The van der Waals surface area contributed by atoms with E-state index in [0.29, 0.717) is 28.6 Å². The van der Waals surface area contributed by atoms with Crippen LogP contribution in [-0.4, -0.2) is 31.3 Å². The Kier molecular flexibility index (Phi) is 3.52. The maximum atomic E-state index is 9.22. The summed E-state index contributed by atoms with van der Waals surface area (Å²) >= 11 is 0. The van der Waals surface area contributed by atoms with Crippen molar-refractivity contribution in [2.75, 3.05) is 12.4 Å². The second-order valence-electron chi connectivity index (χ2n) is 5.18. The molecule has 3 heterocycles. The van der Waals surface area contributed by atoms with Gasteiger partial charge in [0, 0.05) is 12.4 Å². The summed E-state index contributed by atoms with van der Waals surface area (Å²) in [5.41, 5.74) is 1.72. The van der Waals surface area contributed by atoms with Gasteiger partial charge in [0.2, 0.25) is 11.6 Å². The van der Waals surface area contributed by atoms with Crippen molar-refractivity contribution in [1.29, 1.82) is 5.26 Å². The Morgan fingerprint density at radius 2 is 2.08 bits per heavy atom. The van der Waals surface area contributed by atoms with E-state index in [1.54, 1.807) is 42.3 Å². The predicted octanol–water partition coefficient (Wildman–Crippen LogP) is 2.54. The monoisotopic (exact) mass is 331 g/mol. The molecule has 0 atom stereocenters. The second-order valence-corrected chi connectivity index (χ2v) is 5.18. The van der Waals surface area contributed by atoms with Crippen LogP contribution in [0.5, 0.6) is 5.75 Å². The van der Waals surface area contributed by atoms with Crippen molar-refractivity contribution < 1.29 is 4.74 Å². The minimum Gasteiger partial charge on any atom is -0.493 e. The first-order valence-electron chi connectivity index (χ1n) is 7.48. The average Bonchev–Trinajstić information content (AvgIpc) is 3.31. The topological polar surface area (TPSA) is 93.1 Å². The van der Waals surface area contributed by atoms with E-state index in [2.05, 4.69) is 26.5 Å². The Bertz CT molecular complexity index is 1080. The Morgan fingerprint density at radius 3 is 2.84 bits per heavy atom. The van der Waals surface area contributed by atoms with Gasteiger partial charge in [0.1, 0.15) is 18.2 Å². The summed E-state index contributed by atoms with van der Waals surface area (Å²) < 4.78 is 8.87. The van der Waals surface area contributed by atoms with E-state index in [9.17, 15) is 5.26 Å². The van der Waals surface area contributed by atoms with Crippen LogP contribution >= 0.6 is 0 Å². The average molecular weight is 331 g/mol. The van der Waals surface area contributed by atoms with Crippen LogP contribution in [0.3, 0.4) is 0 Å². The summed E-state index contributed by atoms with van der Waals surface area (Å²) in [6.07, 6.45) is 5.19. The number of pyridine rings is 1. The second kappa shape index (κ2) is 5.98. The van der Waals surface area contributed by atoms with Crippen LogP contribution in [0.15, 0.2) is 55.1 Å². The van der Waals surface area contributed by atoms with Crippen LogP contribution in [0, 0.1) is 11.3 Å². The molecule has 8 heteroatoms. The molecule has 0 spiro atoms. The van der Waals surface area contributed by atoms with Crippen LogP contribution in [0.4, 0.5) is 11.6 Å². The van der Waals surface area contributed by atoms with Gasteiger partial charge in [-0.25, -0.2) is 4.98 Å². The van der Waals surface area contributed by atoms with Gasteiger partial charge >= 0.3 is 0 Å². The summed E-state index contributed by atoms with van der Waals surface area (Å²) in [5.74, 6) is 1.73. The highest BCUT2D eigenvalue weighted by Crippen LogP contribution is 2.25. The third kappa shape index (κ3) is 2.53. The molecule has 3 aromatic heterocycles. The first-order chi connectivity index (χ1) is 12.3. The fourth-order valence-electron chi connectivity index (χ4n) is 2.54. The van der Waals surface area contributed by atoms with Crippen molar-refractivity contribution in [2.45, 2.75) is 0 Å². The molecule has 8 nitrogen and oxygen atoms in total. The maximum Gasteiger partial charge on any atom is 0.247 e. The van der Waals surface area contributed by atoms with E-state index < -0.39 is 0 Å². The van der Waals surface area contributed by atoms with E-state index >= 15 is 0 Å². The number of hydrogen-bond acceptors (Lipinski definition) is 6. The highest BCUT2D eigenvalue weighted by atomic mass is 16.5. The lowest BCUT2D eigenvalue weighted by Gasteiger charge is -2.07. The summed E-state index contributed by atoms with van der Waals surface area (Å²) in [7, 11) is 1.58. The Hall–Kier alpha value is -3.86. The molecule has 1 N–H and O–H groups in total. The third-order valence-corrected chi connectivity index (χ3v) is 3.71. The van der Waals surface area contributed by atoms with Crippen LogP contribution in [0.25, 0.3) is 11.5 Å². The zero-order valence-corrected chi connectivity index (χ0v) is 13.3. The number of methoxy groups -OCH3 is 1. The van der Waals surface area contributed by atoms with Crippen LogP contribution in [0.2, 0.25) is 0 Å². The molecule has 0 fully saturated rings. The number of para-hydroxylation sites is 1. The van der Waals surface area contributed by atoms with E-state index in [-0.39, 0.29) is 0 Å². The third-order valence-electron chi connectivity index (χ3n) is 3.71. The van der Waals surface area contributed by atoms with Crippen LogP contribution < -0.4 is 10.1 Å². The number of rotatable bonds is 4. The molecule has 1 aromatic carbocycles. The van der Waals surface area contributed by atoms with E-state index in [0.717, 1.165) is 5.82 Å². The van der Waals surface area contributed by atoms with Gasteiger partial charge in [-0.3, -0.25) is 4.57 Å². The normalized spacial score (nSPS) is 10.6. The molecule has 0 aliphatic rings. The van der Waals surface area contributed by atoms with Crippen LogP contribution in [0.1, 0.15) is 5.56 Å². The molecule has 4 rings (SSSR count). The van der Waals surface area contributed by atoms with Gasteiger partial charge in [0.25, 0.3) is 0 Å². The summed E-state index contributed by atoms with van der Waals surface area (Å²) in [6, 6.07) is 13.0. The number of hydrogen-bond donors (Lipinski definition) is 1. The number of aromatic nitrogens is 5. The largest absolute Gasteiger partial charge is 0.493 e. The molecule has 0 bridgehead atoms. The molecule has 0 saturated heterocycles. The van der Waals surface area contributed by atoms with Gasteiger partial charge in [0.05, 0.1) is 18.4 Å². The molecular formula is C17H13N7O.